The van der Waals surface area contributed by atoms with Crippen LogP contribution < -0.4 is 0 Å². The topological polar surface area (TPSA) is 67.3 Å². The number of benzene rings is 1. The quantitative estimate of drug-likeness (QED) is 0.479. The highest BCUT2D eigenvalue weighted by Crippen LogP contribution is 2.32. The monoisotopic (exact) mass is 297 g/mol. The van der Waals surface area contributed by atoms with Crippen molar-refractivity contribution in [1.29, 1.82) is 0 Å². The third kappa shape index (κ3) is 1.73. The molecular formula is C18H11N5. The fourth-order valence-electron chi connectivity index (χ4n) is 2.99. The van der Waals surface area contributed by atoms with Crippen LogP contribution in [0.5, 0.6) is 0 Å². The average Bonchev–Trinajstić information content (AvgIpc) is 3.09. The third-order valence-corrected chi connectivity index (χ3v) is 4.02. The van der Waals surface area contributed by atoms with E-state index in [1.807, 2.05) is 36.4 Å². The summed E-state index contributed by atoms with van der Waals surface area (Å²) < 4.78 is 0. The summed E-state index contributed by atoms with van der Waals surface area (Å²) in [6.45, 7) is 0. The first-order chi connectivity index (χ1) is 11.4. The van der Waals surface area contributed by atoms with Crippen molar-refractivity contribution >= 4 is 32.8 Å². The summed E-state index contributed by atoms with van der Waals surface area (Å²) in [7, 11) is 0. The van der Waals surface area contributed by atoms with E-state index in [0.717, 1.165) is 44.2 Å². The van der Waals surface area contributed by atoms with Crippen LogP contribution in [0.2, 0.25) is 0 Å². The first-order valence-electron chi connectivity index (χ1n) is 7.33. The van der Waals surface area contributed by atoms with Gasteiger partial charge in [-0.05, 0) is 36.4 Å². The molecule has 0 fully saturated rings. The van der Waals surface area contributed by atoms with Crippen molar-refractivity contribution in [3.05, 3.63) is 61.2 Å². The number of nitrogens with zero attached hydrogens (tertiary/aromatic N) is 4. The fraction of sp³-hybridized carbons (Fsp3) is 0. The Labute approximate surface area is 131 Å². The standard InChI is InChI=1S/C18H11N5/c1-3-12-14(20-7-1)15-13(4-2-8-21-15)17-16(12)22-18(23-17)11-5-9-19-10-6-11/h1-10H,(H,22,23). The highest BCUT2D eigenvalue weighted by atomic mass is 14.9. The van der Waals surface area contributed by atoms with E-state index >= 15 is 0 Å². The molecule has 0 atom stereocenters. The second-order valence-electron chi connectivity index (χ2n) is 5.34. The molecule has 0 aliphatic carbocycles. The van der Waals surface area contributed by atoms with Gasteiger partial charge in [0.1, 0.15) is 5.82 Å². The Morgan fingerprint density at radius 2 is 1.39 bits per heavy atom. The number of aromatic amines is 1. The smallest absolute Gasteiger partial charge is 0.138 e. The first-order valence-corrected chi connectivity index (χ1v) is 7.33. The molecule has 108 valence electrons. The molecule has 5 rings (SSSR count). The van der Waals surface area contributed by atoms with E-state index in [2.05, 4.69) is 19.9 Å². The number of imidazole rings is 1. The molecule has 0 spiro atoms. The molecule has 0 saturated heterocycles. The number of hydrogen-bond acceptors (Lipinski definition) is 4. The van der Waals surface area contributed by atoms with Crippen molar-refractivity contribution in [3.63, 3.8) is 0 Å². The van der Waals surface area contributed by atoms with Crippen molar-refractivity contribution in [1.82, 2.24) is 24.9 Å². The summed E-state index contributed by atoms with van der Waals surface area (Å²) in [6, 6.07) is 11.8. The zero-order valence-corrected chi connectivity index (χ0v) is 12.1. The molecular weight excluding hydrogens is 286 g/mol. The lowest BCUT2D eigenvalue weighted by Crippen LogP contribution is -1.86. The molecule has 4 heterocycles. The predicted molar refractivity (Wildman–Crippen MR) is 89.9 cm³/mol. The minimum atomic E-state index is 0.823. The van der Waals surface area contributed by atoms with E-state index in [0.29, 0.717) is 0 Å². The lowest BCUT2D eigenvalue weighted by Gasteiger charge is -2.03. The molecule has 0 saturated carbocycles. The van der Waals surface area contributed by atoms with Gasteiger partial charge in [0.15, 0.2) is 0 Å². The van der Waals surface area contributed by atoms with Crippen LogP contribution in [0.25, 0.3) is 44.2 Å². The summed E-state index contributed by atoms with van der Waals surface area (Å²) in [5.74, 6) is 0.823. The van der Waals surface area contributed by atoms with Crippen molar-refractivity contribution in [2.24, 2.45) is 0 Å². The average molecular weight is 297 g/mol. The van der Waals surface area contributed by atoms with Gasteiger partial charge in [-0.1, -0.05) is 0 Å². The molecule has 1 N–H and O–H groups in total. The summed E-state index contributed by atoms with van der Waals surface area (Å²) in [4.78, 5) is 21.3. The Morgan fingerprint density at radius 3 is 2.17 bits per heavy atom. The SMILES string of the molecule is c1cnc2c(c1)c1nc(-c3ccncc3)[nH]c1c1cccnc12. The minimum Gasteiger partial charge on any atom is -0.337 e. The van der Waals surface area contributed by atoms with E-state index < -0.39 is 0 Å². The number of aromatic nitrogens is 5. The van der Waals surface area contributed by atoms with Crippen LogP contribution in [0.3, 0.4) is 0 Å². The maximum Gasteiger partial charge on any atom is 0.138 e. The Kier molecular flexibility index (Phi) is 2.43. The van der Waals surface area contributed by atoms with E-state index in [4.69, 9.17) is 4.98 Å². The van der Waals surface area contributed by atoms with Gasteiger partial charge in [-0.3, -0.25) is 15.0 Å². The molecule has 0 amide bonds. The Morgan fingerprint density at radius 1 is 0.696 bits per heavy atom. The van der Waals surface area contributed by atoms with Crippen molar-refractivity contribution in [3.8, 4) is 11.4 Å². The zero-order chi connectivity index (χ0) is 15.2. The highest BCUT2D eigenvalue weighted by Gasteiger charge is 2.14. The van der Waals surface area contributed by atoms with Crippen LogP contribution in [-0.2, 0) is 0 Å². The van der Waals surface area contributed by atoms with E-state index in [1.165, 1.54) is 0 Å². The molecule has 23 heavy (non-hydrogen) atoms. The van der Waals surface area contributed by atoms with E-state index in [1.54, 1.807) is 24.8 Å². The van der Waals surface area contributed by atoms with E-state index in [9.17, 15) is 0 Å². The van der Waals surface area contributed by atoms with Gasteiger partial charge in [-0.15, -0.1) is 0 Å². The maximum atomic E-state index is 4.81. The van der Waals surface area contributed by atoms with Crippen molar-refractivity contribution in [2.45, 2.75) is 0 Å². The second kappa shape index (κ2) is 4.58. The molecule has 5 aromatic rings. The van der Waals surface area contributed by atoms with Gasteiger partial charge >= 0.3 is 0 Å². The van der Waals surface area contributed by atoms with Crippen LogP contribution in [0.15, 0.2) is 61.2 Å². The summed E-state index contributed by atoms with van der Waals surface area (Å²) in [6.07, 6.45) is 7.12. The molecule has 0 aliphatic heterocycles. The molecule has 5 nitrogen and oxygen atoms in total. The third-order valence-electron chi connectivity index (χ3n) is 4.02. The Hall–Kier alpha value is -3.34. The van der Waals surface area contributed by atoms with Crippen LogP contribution in [-0.4, -0.2) is 24.9 Å². The number of nitrogens with one attached hydrogen (secondary N) is 1. The molecule has 0 unspecified atom stereocenters. The molecule has 0 radical (unpaired) electrons. The van der Waals surface area contributed by atoms with Crippen LogP contribution >= 0.6 is 0 Å². The molecule has 5 heteroatoms. The lowest BCUT2D eigenvalue weighted by atomic mass is 10.1. The number of hydrogen-bond donors (Lipinski definition) is 1. The van der Waals surface area contributed by atoms with Crippen LogP contribution in [0.1, 0.15) is 0 Å². The van der Waals surface area contributed by atoms with E-state index in [-0.39, 0.29) is 0 Å². The highest BCUT2D eigenvalue weighted by molar-refractivity contribution is 6.20. The summed E-state index contributed by atoms with van der Waals surface area (Å²) in [5.41, 5.74) is 4.68. The van der Waals surface area contributed by atoms with Crippen LogP contribution in [0, 0.1) is 0 Å². The predicted octanol–water partition coefficient (Wildman–Crippen LogP) is 3.72. The molecule has 0 aliphatic rings. The lowest BCUT2D eigenvalue weighted by molar-refractivity contribution is 1.29. The minimum absolute atomic E-state index is 0.823. The largest absolute Gasteiger partial charge is 0.337 e. The summed E-state index contributed by atoms with van der Waals surface area (Å²) in [5, 5.41) is 2.03. The normalized spacial score (nSPS) is 11.5. The van der Waals surface area contributed by atoms with Gasteiger partial charge in [0.2, 0.25) is 0 Å². The fourth-order valence-corrected chi connectivity index (χ4v) is 2.99. The van der Waals surface area contributed by atoms with Gasteiger partial charge in [0.25, 0.3) is 0 Å². The number of H-pyrrole nitrogens is 1. The van der Waals surface area contributed by atoms with Gasteiger partial charge in [0.05, 0.1) is 22.1 Å². The molecule has 1 aromatic carbocycles. The van der Waals surface area contributed by atoms with Crippen LogP contribution in [0.4, 0.5) is 0 Å². The van der Waals surface area contributed by atoms with Gasteiger partial charge in [-0.25, -0.2) is 4.98 Å². The molecule has 4 aromatic heterocycles. The number of fused-ring (bicyclic) bond motifs is 6. The van der Waals surface area contributed by atoms with Gasteiger partial charge in [-0.2, -0.15) is 0 Å². The van der Waals surface area contributed by atoms with Gasteiger partial charge < -0.3 is 4.98 Å². The summed E-state index contributed by atoms with van der Waals surface area (Å²) >= 11 is 0. The number of pyridine rings is 3. The second-order valence-corrected chi connectivity index (χ2v) is 5.34. The van der Waals surface area contributed by atoms with Crippen molar-refractivity contribution < 1.29 is 0 Å². The Bertz CT molecular complexity index is 1090. The molecule has 0 bridgehead atoms. The van der Waals surface area contributed by atoms with Crippen molar-refractivity contribution in [2.75, 3.05) is 0 Å². The Balaban J connectivity index is 1.99. The first kappa shape index (κ1) is 12.2. The maximum absolute atomic E-state index is 4.81. The zero-order valence-electron chi connectivity index (χ0n) is 12.1. The number of rotatable bonds is 1. The van der Waals surface area contributed by atoms with Gasteiger partial charge in [0, 0.05) is 41.1 Å².